The Morgan fingerprint density at radius 2 is 1.85 bits per heavy atom. The standard InChI is InChI=1S/C21H19FN2O2S/c1-14-12-16(22)9-10-17(14)23-20(25)18(13-15-6-3-2-4-7-15)24-21(26)19-8-5-11-27-19/h2-12,18H,13H2,1H3,(H,23,25)(H,24,26). The first-order valence-electron chi connectivity index (χ1n) is 8.48. The normalized spacial score (nSPS) is 11.6. The van der Waals surface area contributed by atoms with Crippen molar-refractivity contribution in [3.63, 3.8) is 0 Å². The van der Waals surface area contributed by atoms with Gasteiger partial charge in [0.2, 0.25) is 5.91 Å². The first-order valence-corrected chi connectivity index (χ1v) is 9.36. The maximum atomic E-state index is 13.3. The third-order valence-electron chi connectivity index (χ3n) is 4.10. The fraction of sp³-hybridized carbons (Fsp3) is 0.143. The smallest absolute Gasteiger partial charge is 0.262 e. The zero-order chi connectivity index (χ0) is 19.2. The third kappa shape index (κ3) is 5.01. The van der Waals surface area contributed by atoms with E-state index in [1.165, 1.54) is 29.5 Å². The first-order chi connectivity index (χ1) is 13.0. The minimum atomic E-state index is -0.758. The average Bonchev–Trinajstić information content (AvgIpc) is 3.19. The fourth-order valence-electron chi connectivity index (χ4n) is 2.68. The number of thiophene rings is 1. The van der Waals surface area contributed by atoms with E-state index in [1.807, 2.05) is 35.7 Å². The van der Waals surface area contributed by atoms with Gasteiger partial charge in [-0.2, -0.15) is 0 Å². The van der Waals surface area contributed by atoms with Crippen LogP contribution in [0.25, 0.3) is 0 Å². The van der Waals surface area contributed by atoms with E-state index in [9.17, 15) is 14.0 Å². The van der Waals surface area contributed by atoms with Gasteiger partial charge in [0, 0.05) is 12.1 Å². The molecule has 1 heterocycles. The summed E-state index contributed by atoms with van der Waals surface area (Å²) in [6.45, 7) is 1.72. The monoisotopic (exact) mass is 382 g/mol. The van der Waals surface area contributed by atoms with Crippen LogP contribution in [0.15, 0.2) is 66.0 Å². The van der Waals surface area contributed by atoms with Crippen LogP contribution in [0.4, 0.5) is 10.1 Å². The van der Waals surface area contributed by atoms with Crippen LogP contribution in [0.3, 0.4) is 0 Å². The number of amides is 2. The minimum absolute atomic E-state index is 0.295. The van der Waals surface area contributed by atoms with E-state index in [2.05, 4.69) is 10.6 Å². The molecule has 0 bridgehead atoms. The van der Waals surface area contributed by atoms with Gasteiger partial charge in [-0.05, 0) is 47.7 Å². The molecule has 27 heavy (non-hydrogen) atoms. The molecule has 0 aliphatic carbocycles. The van der Waals surface area contributed by atoms with Gasteiger partial charge in [-0.1, -0.05) is 36.4 Å². The Labute approximate surface area is 161 Å². The quantitative estimate of drug-likeness (QED) is 0.672. The molecule has 1 aromatic heterocycles. The Hall–Kier alpha value is -2.99. The van der Waals surface area contributed by atoms with E-state index in [1.54, 1.807) is 19.1 Å². The molecule has 0 radical (unpaired) electrons. The molecular weight excluding hydrogens is 363 g/mol. The molecule has 1 unspecified atom stereocenters. The predicted molar refractivity (Wildman–Crippen MR) is 105 cm³/mol. The Balaban J connectivity index is 1.79. The van der Waals surface area contributed by atoms with Gasteiger partial charge in [-0.3, -0.25) is 9.59 Å². The average molecular weight is 382 g/mol. The summed E-state index contributed by atoms with van der Waals surface area (Å²) in [5.74, 6) is -1.01. The van der Waals surface area contributed by atoms with Crippen LogP contribution in [0.1, 0.15) is 20.8 Å². The van der Waals surface area contributed by atoms with E-state index in [0.29, 0.717) is 22.5 Å². The molecule has 2 N–H and O–H groups in total. The lowest BCUT2D eigenvalue weighted by Gasteiger charge is -2.19. The van der Waals surface area contributed by atoms with Crippen molar-refractivity contribution in [1.82, 2.24) is 5.32 Å². The molecule has 3 rings (SSSR count). The van der Waals surface area contributed by atoms with Crippen LogP contribution < -0.4 is 10.6 Å². The van der Waals surface area contributed by atoms with Gasteiger partial charge in [0.1, 0.15) is 11.9 Å². The number of rotatable bonds is 6. The molecule has 1 atom stereocenters. The van der Waals surface area contributed by atoms with E-state index >= 15 is 0 Å². The van der Waals surface area contributed by atoms with Crippen LogP contribution in [0.5, 0.6) is 0 Å². The highest BCUT2D eigenvalue weighted by Crippen LogP contribution is 2.17. The Bertz CT molecular complexity index is 927. The SMILES string of the molecule is Cc1cc(F)ccc1NC(=O)C(Cc1ccccc1)NC(=O)c1cccs1. The minimum Gasteiger partial charge on any atom is -0.339 e. The van der Waals surface area contributed by atoms with Gasteiger partial charge < -0.3 is 10.6 Å². The Morgan fingerprint density at radius 3 is 2.52 bits per heavy atom. The highest BCUT2D eigenvalue weighted by molar-refractivity contribution is 7.12. The van der Waals surface area contributed by atoms with Crippen molar-refractivity contribution in [2.24, 2.45) is 0 Å². The van der Waals surface area contributed by atoms with Gasteiger partial charge in [0.05, 0.1) is 4.88 Å². The number of halogens is 1. The number of carbonyl (C=O) groups is 2. The third-order valence-corrected chi connectivity index (χ3v) is 4.96. The molecule has 2 amide bonds. The van der Waals surface area contributed by atoms with Crippen molar-refractivity contribution in [3.8, 4) is 0 Å². The highest BCUT2D eigenvalue weighted by Gasteiger charge is 2.23. The van der Waals surface area contributed by atoms with Gasteiger partial charge in [-0.25, -0.2) is 4.39 Å². The summed E-state index contributed by atoms with van der Waals surface area (Å²) in [5.41, 5.74) is 2.07. The number of hydrogen-bond donors (Lipinski definition) is 2. The van der Waals surface area contributed by atoms with Gasteiger partial charge in [0.15, 0.2) is 0 Å². The van der Waals surface area contributed by atoms with E-state index in [-0.39, 0.29) is 17.6 Å². The maximum Gasteiger partial charge on any atom is 0.262 e. The van der Waals surface area contributed by atoms with Crippen molar-refractivity contribution < 1.29 is 14.0 Å². The van der Waals surface area contributed by atoms with E-state index < -0.39 is 6.04 Å². The molecule has 2 aromatic carbocycles. The summed E-state index contributed by atoms with van der Waals surface area (Å²) in [5, 5.41) is 7.40. The van der Waals surface area contributed by atoms with Crippen molar-refractivity contribution in [1.29, 1.82) is 0 Å². The Morgan fingerprint density at radius 1 is 1.07 bits per heavy atom. The first kappa shape index (κ1) is 18.8. The zero-order valence-corrected chi connectivity index (χ0v) is 15.6. The summed E-state index contributed by atoms with van der Waals surface area (Å²) in [7, 11) is 0. The number of nitrogens with one attached hydrogen (secondary N) is 2. The molecule has 0 fully saturated rings. The van der Waals surface area contributed by atoms with Crippen molar-refractivity contribution in [2.75, 3.05) is 5.32 Å². The number of carbonyl (C=O) groups excluding carboxylic acids is 2. The predicted octanol–water partition coefficient (Wildman–Crippen LogP) is 4.18. The van der Waals surface area contributed by atoms with Crippen LogP contribution in [-0.2, 0) is 11.2 Å². The van der Waals surface area contributed by atoms with Crippen molar-refractivity contribution in [2.45, 2.75) is 19.4 Å². The number of benzene rings is 2. The zero-order valence-electron chi connectivity index (χ0n) is 14.7. The lowest BCUT2D eigenvalue weighted by molar-refractivity contribution is -0.118. The summed E-state index contributed by atoms with van der Waals surface area (Å²) in [6, 6.07) is 16.4. The second-order valence-electron chi connectivity index (χ2n) is 6.14. The summed E-state index contributed by atoms with van der Waals surface area (Å²) in [4.78, 5) is 25.8. The molecule has 0 spiro atoms. The number of anilines is 1. The van der Waals surface area contributed by atoms with Crippen LogP contribution >= 0.6 is 11.3 Å². The topological polar surface area (TPSA) is 58.2 Å². The van der Waals surface area contributed by atoms with Crippen LogP contribution in [0, 0.1) is 12.7 Å². The Kier molecular flexibility index (Phi) is 5.98. The highest BCUT2D eigenvalue weighted by atomic mass is 32.1. The molecule has 138 valence electrons. The molecule has 6 heteroatoms. The molecule has 0 aliphatic heterocycles. The molecule has 3 aromatic rings. The van der Waals surface area contributed by atoms with Crippen molar-refractivity contribution in [3.05, 3.63) is 87.9 Å². The molecule has 0 saturated heterocycles. The number of aryl methyl sites for hydroxylation is 1. The van der Waals surface area contributed by atoms with Crippen LogP contribution in [-0.4, -0.2) is 17.9 Å². The lowest BCUT2D eigenvalue weighted by Crippen LogP contribution is -2.45. The summed E-state index contributed by atoms with van der Waals surface area (Å²) >= 11 is 1.31. The molecule has 4 nitrogen and oxygen atoms in total. The second kappa shape index (κ2) is 8.60. The van der Waals surface area contributed by atoms with Crippen LogP contribution in [0.2, 0.25) is 0 Å². The largest absolute Gasteiger partial charge is 0.339 e. The molecular formula is C21H19FN2O2S. The molecule has 0 saturated carbocycles. The maximum absolute atomic E-state index is 13.3. The van der Waals surface area contributed by atoms with Gasteiger partial charge in [0.25, 0.3) is 5.91 Å². The summed E-state index contributed by atoms with van der Waals surface area (Å²) in [6.07, 6.45) is 0.351. The lowest BCUT2D eigenvalue weighted by atomic mass is 10.0. The van der Waals surface area contributed by atoms with Crippen molar-refractivity contribution >= 4 is 28.8 Å². The molecule has 0 aliphatic rings. The van der Waals surface area contributed by atoms with Gasteiger partial charge in [-0.15, -0.1) is 11.3 Å². The van der Waals surface area contributed by atoms with E-state index in [0.717, 1.165) is 5.56 Å². The fourth-order valence-corrected chi connectivity index (χ4v) is 3.31. The number of hydrogen-bond acceptors (Lipinski definition) is 3. The second-order valence-corrected chi connectivity index (χ2v) is 7.09. The van der Waals surface area contributed by atoms with Gasteiger partial charge >= 0.3 is 0 Å². The van der Waals surface area contributed by atoms with E-state index in [4.69, 9.17) is 0 Å². The summed E-state index contributed by atoms with van der Waals surface area (Å²) < 4.78 is 13.3.